The molecule has 0 saturated carbocycles. The SMILES string of the molecule is [C-]#[N+]c1cncc(-c2ccc(N)c(C)c2)n1. The van der Waals surface area contributed by atoms with E-state index in [9.17, 15) is 0 Å². The molecule has 0 aliphatic rings. The van der Waals surface area contributed by atoms with Crippen LogP contribution in [0.1, 0.15) is 5.56 Å². The van der Waals surface area contributed by atoms with Crippen molar-refractivity contribution < 1.29 is 0 Å². The highest BCUT2D eigenvalue weighted by molar-refractivity contribution is 5.65. The Morgan fingerprint density at radius 2 is 2.12 bits per heavy atom. The van der Waals surface area contributed by atoms with Gasteiger partial charge in [0, 0.05) is 11.3 Å². The summed E-state index contributed by atoms with van der Waals surface area (Å²) in [6.07, 6.45) is 3.08. The summed E-state index contributed by atoms with van der Waals surface area (Å²) in [7, 11) is 0. The van der Waals surface area contributed by atoms with Gasteiger partial charge >= 0.3 is 0 Å². The Bertz CT molecular complexity index is 569. The van der Waals surface area contributed by atoms with Crippen molar-refractivity contribution in [3.8, 4) is 11.3 Å². The van der Waals surface area contributed by atoms with E-state index in [1.165, 1.54) is 6.20 Å². The number of anilines is 1. The third-order valence-electron chi connectivity index (χ3n) is 2.30. The van der Waals surface area contributed by atoms with Crippen molar-refractivity contribution in [2.45, 2.75) is 6.92 Å². The fraction of sp³-hybridized carbons (Fsp3) is 0.0833. The maximum atomic E-state index is 6.88. The van der Waals surface area contributed by atoms with Crippen LogP contribution in [0.3, 0.4) is 0 Å². The van der Waals surface area contributed by atoms with Gasteiger partial charge in [-0.05, 0) is 30.7 Å². The lowest BCUT2D eigenvalue weighted by atomic mass is 10.1. The highest BCUT2D eigenvalue weighted by atomic mass is 14.9. The first-order chi connectivity index (χ1) is 7.70. The minimum Gasteiger partial charge on any atom is -0.399 e. The second-order valence-corrected chi connectivity index (χ2v) is 3.45. The van der Waals surface area contributed by atoms with Crippen molar-refractivity contribution >= 4 is 11.5 Å². The maximum Gasteiger partial charge on any atom is 0.288 e. The Morgan fingerprint density at radius 1 is 1.31 bits per heavy atom. The first-order valence-electron chi connectivity index (χ1n) is 4.76. The number of hydrogen-bond donors (Lipinski definition) is 1. The van der Waals surface area contributed by atoms with Crippen LogP contribution in [0.25, 0.3) is 16.1 Å². The number of nitrogens with two attached hydrogens (primary N) is 1. The molecule has 4 heteroatoms. The summed E-state index contributed by atoms with van der Waals surface area (Å²) in [6, 6.07) is 5.64. The molecule has 0 bridgehead atoms. The molecule has 1 aromatic heterocycles. The summed E-state index contributed by atoms with van der Waals surface area (Å²) in [4.78, 5) is 11.4. The van der Waals surface area contributed by atoms with Gasteiger partial charge in [0.05, 0.1) is 12.4 Å². The van der Waals surface area contributed by atoms with Crippen LogP contribution in [-0.4, -0.2) is 9.97 Å². The van der Waals surface area contributed by atoms with Crippen molar-refractivity contribution in [1.29, 1.82) is 0 Å². The topological polar surface area (TPSA) is 56.2 Å². The van der Waals surface area contributed by atoms with E-state index in [0.717, 1.165) is 16.8 Å². The molecule has 1 aromatic carbocycles. The molecule has 2 aromatic rings. The molecule has 0 atom stereocenters. The molecule has 1 heterocycles. The average Bonchev–Trinajstić information content (AvgIpc) is 2.33. The lowest BCUT2D eigenvalue weighted by molar-refractivity contribution is 1.22. The molecule has 0 unspecified atom stereocenters. The Hall–Kier alpha value is -2.41. The monoisotopic (exact) mass is 210 g/mol. The highest BCUT2D eigenvalue weighted by Gasteiger charge is 2.06. The Morgan fingerprint density at radius 3 is 2.81 bits per heavy atom. The molecule has 2 N–H and O–H groups in total. The van der Waals surface area contributed by atoms with Crippen LogP contribution in [0, 0.1) is 13.5 Å². The van der Waals surface area contributed by atoms with Gasteiger partial charge in [0.25, 0.3) is 5.82 Å². The van der Waals surface area contributed by atoms with E-state index in [0.29, 0.717) is 11.5 Å². The number of aryl methyl sites for hydroxylation is 1. The van der Waals surface area contributed by atoms with E-state index < -0.39 is 0 Å². The lowest BCUT2D eigenvalue weighted by Crippen LogP contribution is -1.91. The zero-order valence-corrected chi connectivity index (χ0v) is 8.81. The lowest BCUT2D eigenvalue weighted by Gasteiger charge is -2.02. The normalized spacial score (nSPS) is 9.75. The predicted molar refractivity (Wildman–Crippen MR) is 62.9 cm³/mol. The molecule has 2 rings (SSSR count). The van der Waals surface area contributed by atoms with E-state index in [2.05, 4.69) is 14.8 Å². The minimum atomic E-state index is 0.298. The van der Waals surface area contributed by atoms with Gasteiger partial charge in [0.2, 0.25) is 0 Å². The van der Waals surface area contributed by atoms with Gasteiger partial charge < -0.3 is 10.6 Å². The summed E-state index contributed by atoms with van der Waals surface area (Å²) in [5, 5.41) is 0. The molecule has 0 aliphatic carbocycles. The van der Waals surface area contributed by atoms with Crippen molar-refractivity contribution in [3.63, 3.8) is 0 Å². The van der Waals surface area contributed by atoms with Crippen LogP contribution in [0.2, 0.25) is 0 Å². The Balaban J connectivity index is 2.51. The molecule has 0 aliphatic heterocycles. The molecular formula is C12H10N4. The van der Waals surface area contributed by atoms with Crippen molar-refractivity contribution in [2.24, 2.45) is 0 Å². The summed E-state index contributed by atoms with van der Waals surface area (Å²) in [5.74, 6) is 0.298. The largest absolute Gasteiger partial charge is 0.399 e. The smallest absolute Gasteiger partial charge is 0.288 e. The molecule has 4 nitrogen and oxygen atoms in total. The fourth-order valence-corrected chi connectivity index (χ4v) is 1.38. The van der Waals surface area contributed by atoms with E-state index in [-0.39, 0.29) is 0 Å². The zero-order chi connectivity index (χ0) is 11.5. The molecule has 0 radical (unpaired) electrons. The van der Waals surface area contributed by atoms with E-state index in [4.69, 9.17) is 12.3 Å². The van der Waals surface area contributed by atoms with Gasteiger partial charge in [0.15, 0.2) is 5.69 Å². The van der Waals surface area contributed by atoms with Crippen LogP contribution in [0.15, 0.2) is 30.6 Å². The van der Waals surface area contributed by atoms with Crippen LogP contribution in [0.4, 0.5) is 11.5 Å². The van der Waals surface area contributed by atoms with Gasteiger partial charge in [-0.2, -0.15) is 0 Å². The van der Waals surface area contributed by atoms with Gasteiger partial charge in [-0.1, -0.05) is 6.57 Å². The Kier molecular flexibility index (Phi) is 2.52. The molecule has 78 valence electrons. The Labute approximate surface area is 93.6 Å². The number of nitrogens with zero attached hydrogens (tertiary/aromatic N) is 3. The summed E-state index contributed by atoms with van der Waals surface area (Å²) >= 11 is 0. The number of hydrogen-bond acceptors (Lipinski definition) is 3. The number of aromatic nitrogens is 2. The van der Waals surface area contributed by atoms with E-state index in [1.807, 2.05) is 25.1 Å². The third-order valence-corrected chi connectivity index (χ3v) is 2.30. The standard InChI is InChI=1S/C12H10N4/c1-8-5-9(3-4-10(8)13)11-6-15-7-12(14-2)16-11/h3-7H,13H2,1H3. The minimum absolute atomic E-state index is 0.298. The van der Waals surface area contributed by atoms with Gasteiger partial charge in [-0.15, -0.1) is 4.98 Å². The quantitative estimate of drug-likeness (QED) is 0.581. The van der Waals surface area contributed by atoms with Gasteiger partial charge in [-0.3, -0.25) is 4.98 Å². The molecule has 0 fully saturated rings. The van der Waals surface area contributed by atoms with Crippen molar-refractivity contribution in [2.75, 3.05) is 5.73 Å². The van der Waals surface area contributed by atoms with Crippen LogP contribution >= 0.6 is 0 Å². The third kappa shape index (κ3) is 1.84. The predicted octanol–water partition coefficient (Wildman–Crippen LogP) is 2.59. The first kappa shape index (κ1) is 10.1. The average molecular weight is 210 g/mol. The van der Waals surface area contributed by atoms with E-state index >= 15 is 0 Å². The number of benzene rings is 1. The van der Waals surface area contributed by atoms with Crippen molar-refractivity contribution in [3.05, 3.63) is 47.6 Å². The summed E-state index contributed by atoms with van der Waals surface area (Å²) in [5.41, 5.74) is 9.09. The second-order valence-electron chi connectivity index (χ2n) is 3.45. The van der Waals surface area contributed by atoms with E-state index in [1.54, 1.807) is 6.20 Å². The number of nitrogen functional groups attached to an aromatic ring is 1. The molecule has 0 amide bonds. The molecule has 16 heavy (non-hydrogen) atoms. The van der Waals surface area contributed by atoms with Crippen molar-refractivity contribution in [1.82, 2.24) is 9.97 Å². The van der Waals surface area contributed by atoms with Gasteiger partial charge in [-0.25, -0.2) is 0 Å². The fourth-order valence-electron chi connectivity index (χ4n) is 1.38. The number of rotatable bonds is 1. The van der Waals surface area contributed by atoms with Gasteiger partial charge in [0.1, 0.15) is 0 Å². The maximum absolute atomic E-state index is 6.88. The second kappa shape index (κ2) is 3.99. The zero-order valence-electron chi connectivity index (χ0n) is 8.81. The summed E-state index contributed by atoms with van der Waals surface area (Å²) in [6.45, 7) is 8.82. The molecule has 0 spiro atoms. The highest BCUT2D eigenvalue weighted by Crippen LogP contribution is 2.22. The molecular weight excluding hydrogens is 200 g/mol. The summed E-state index contributed by atoms with van der Waals surface area (Å²) < 4.78 is 0. The van der Waals surface area contributed by atoms with Crippen LogP contribution < -0.4 is 5.73 Å². The van der Waals surface area contributed by atoms with Crippen LogP contribution in [0.5, 0.6) is 0 Å². The van der Waals surface area contributed by atoms with Crippen LogP contribution in [-0.2, 0) is 0 Å². The first-order valence-corrected chi connectivity index (χ1v) is 4.76. The molecule has 0 saturated heterocycles.